The number of aromatic nitrogens is 1. The van der Waals surface area contributed by atoms with Crippen molar-refractivity contribution in [2.75, 3.05) is 5.32 Å². The topological polar surface area (TPSA) is 64.4 Å². The number of anilines is 1. The number of benzene rings is 1. The summed E-state index contributed by atoms with van der Waals surface area (Å²) in [6, 6.07) is 11.8. The Kier molecular flexibility index (Phi) is 5.26. The number of halogens is 2. The van der Waals surface area contributed by atoms with Crippen LogP contribution in [-0.4, -0.2) is 10.9 Å². The van der Waals surface area contributed by atoms with Crippen molar-refractivity contribution in [2.24, 2.45) is 0 Å². The smallest absolute Gasteiger partial charge is 0.292 e. The van der Waals surface area contributed by atoms with Crippen molar-refractivity contribution >= 4 is 34.9 Å². The molecule has 0 spiro atoms. The van der Waals surface area contributed by atoms with Gasteiger partial charge in [-0.15, -0.1) is 0 Å². The predicted molar refractivity (Wildman–Crippen MR) is 96.4 cm³/mol. The van der Waals surface area contributed by atoms with Gasteiger partial charge in [-0.3, -0.25) is 4.79 Å². The third-order valence-electron chi connectivity index (χ3n) is 3.30. The van der Waals surface area contributed by atoms with Crippen molar-refractivity contribution in [3.8, 4) is 5.75 Å². The van der Waals surface area contributed by atoms with Crippen LogP contribution in [0.15, 0.2) is 53.1 Å². The molecular formula is C18H14Cl2N2O3. The number of nitrogens with one attached hydrogen (secondary N) is 1. The molecule has 2 heterocycles. The number of pyridine rings is 1. The number of aryl methyl sites for hydroxylation is 1. The molecule has 0 radical (unpaired) electrons. The molecule has 0 saturated carbocycles. The average Bonchev–Trinajstić information content (AvgIpc) is 3.05. The van der Waals surface area contributed by atoms with Gasteiger partial charge in [-0.1, -0.05) is 29.3 Å². The third-order valence-corrected chi connectivity index (χ3v) is 3.83. The minimum atomic E-state index is -0.382. The second kappa shape index (κ2) is 7.59. The van der Waals surface area contributed by atoms with Crippen LogP contribution in [-0.2, 0) is 6.61 Å². The Morgan fingerprint density at radius 1 is 1.20 bits per heavy atom. The number of nitrogens with zero attached hydrogens (tertiary/aromatic N) is 1. The molecule has 0 atom stereocenters. The van der Waals surface area contributed by atoms with Gasteiger partial charge in [0, 0.05) is 11.2 Å². The molecular weight excluding hydrogens is 363 g/mol. The number of hydrogen-bond acceptors (Lipinski definition) is 4. The zero-order chi connectivity index (χ0) is 17.8. The van der Waals surface area contributed by atoms with Crippen LogP contribution in [0.25, 0.3) is 0 Å². The first kappa shape index (κ1) is 17.3. The van der Waals surface area contributed by atoms with E-state index in [4.69, 9.17) is 32.4 Å². The molecule has 1 amide bonds. The number of hydrogen-bond donors (Lipinski definition) is 1. The lowest BCUT2D eigenvalue weighted by Gasteiger charge is -2.06. The fourth-order valence-electron chi connectivity index (χ4n) is 2.04. The van der Waals surface area contributed by atoms with Crippen LogP contribution in [0.2, 0.25) is 10.0 Å². The zero-order valence-electron chi connectivity index (χ0n) is 13.3. The summed E-state index contributed by atoms with van der Waals surface area (Å²) >= 11 is 11.9. The number of carbonyl (C=O) groups is 1. The van der Waals surface area contributed by atoms with Gasteiger partial charge in [0.15, 0.2) is 5.76 Å². The van der Waals surface area contributed by atoms with Crippen molar-refractivity contribution in [1.29, 1.82) is 0 Å². The summed E-state index contributed by atoms with van der Waals surface area (Å²) in [5.41, 5.74) is 1.01. The van der Waals surface area contributed by atoms with Gasteiger partial charge in [-0.2, -0.15) is 0 Å². The summed E-state index contributed by atoms with van der Waals surface area (Å²) in [4.78, 5) is 16.3. The van der Waals surface area contributed by atoms with E-state index in [9.17, 15) is 4.79 Å². The van der Waals surface area contributed by atoms with Crippen molar-refractivity contribution in [1.82, 2.24) is 4.98 Å². The molecule has 128 valence electrons. The van der Waals surface area contributed by atoms with Crippen LogP contribution in [0.4, 0.5) is 5.82 Å². The summed E-state index contributed by atoms with van der Waals surface area (Å²) < 4.78 is 11.1. The summed E-state index contributed by atoms with van der Waals surface area (Å²) in [6.45, 7) is 2.06. The number of rotatable bonds is 5. The molecule has 3 rings (SSSR count). The molecule has 0 aliphatic rings. The SMILES string of the molecule is Cc1ccc(NC(=O)c2ccc(COc3ccc(Cl)cc3Cl)o2)nc1. The summed E-state index contributed by atoms with van der Waals surface area (Å²) in [5.74, 6) is 1.22. The van der Waals surface area contributed by atoms with Crippen molar-refractivity contribution < 1.29 is 13.9 Å². The highest BCUT2D eigenvalue weighted by Gasteiger charge is 2.13. The molecule has 0 saturated heterocycles. The maximum Gasteiger partial charge on any atom is 0.292 e. The maximum absolute atomic E-state index is 12.2. The molecule has 0 aliphatic carbocycles. The molecule has 1 N–H and O–H groups in total. The first-order valence-electron chi connectivity index (χ1n) is 7.42. The lowest BCUT2D eigenvalue weighted by Crippen LogP contribution is -2.11. The molecule has 5 nitrogen and oxygen atoms in total. The van der Waals surface area contributed by atoms with Crippen LogP contribution in [0, 0.1) is 6.92 Å². The second-order valence-corrected chi connectivity index (χ2v) is 6.15. The first-order chi connectivity index (χ1) is 12.0. The molecule has 7 heteroatoms. The molecule has 0 fully saturated rings. The first-order valence-corrected chi connectivity index (χ1v) is 8.17. The van der Waals surface area contributed by atoms with Gasteiger partial charge in [0.05, 0.1) is 5.02 Å². The van der Waals surface area contributed by atoms with Crippen molar-refractivity contribution in [3.63, 3.8) is 0 Å². The monoisotopic (exact) mass is 376 g/mol. The summed E-state index contributed by atoms with van der Waals surface area (Å²) in [6.07, 6.45) is 1.67. The molecule has 3 aromatic rings. The van der Waals surface area contributed by atoms with Gasteiger partial charge >= 0.3 is 0 Å². The molecule has 25 heavy (non-hydrogen) atoms. The summed E-state index contributed by atoms with van der Waals surface area (Å²) in [5, 5.41) is 3.60. The molecule has 1 aromatic carbocycles. The molecule has 0 bridgehead atoms. The minimum Gasteiger partial charge on any atom is -0.484 e. The third kappa shape index (κ3) is 4.53. The number of ether oxygens (including phenoxy) is 1. The largest absolute Gasteiger partial charge is 0.484 e. The Labute approximate surface area is 154 Å². The number of carbonyl (C=O) groups excluding carboxylic acids is 1. The van der Waals surface area contributed by atoms with E-state index in [1.54, 1.807) is 42.6 Å². The van der Waals surface area contributed by atoms with E-state index >= 15 is 0 Å². The lowest BCUT2D eigenvalue weighted by molar-refractivity contribution is 0.0992. The van der Waals surface area contributed by atoms with Gasteiger partial charge < -0.3 is 14.5 Å². The molecule has 2 aromatic heterocycles. The highest BCUT2D eigenvalue weighted by molar-refractivity contribution is 6.35. The van der Waals surface area contributed by atoms with Gasteiger partial charge in [0.25, 0.3) is 5.91 Å². The van der Waals surface area contributed by atoms with E-state index in [0.717, 1.165) is 5.56 Å². The highest BCUT2D eigenvalue weighted by atomic mass is 35.5. The van der Waals surface area contributed by atoms with Crippen LogP contribution in [0.3, 0.4) is 0 Å². The Bertz CT molecular complexity index is 892. The van der Waals surface area contributed by atoms with Gasteiger partial charge in [0.1, 0.15) is 23.9 Å². The van der Waals surface area contributed by atoms with Crippen molar-refractivity contribution in [3.05, 3.63) is 75.8 Å². The maximum atomic E-state index is 12.2. The van der Waals surface area contributed by atoms with Crippen LogP contribution >= 0.6 is 23.2 Å². The molecule has 0 aliphatic heterocycles. The minimum absolute atomic E-state index is 0.136. The lowest BCUT2D eigenvalue weighted by atomic mass is 10.3. The predicted octanol–water partition coefficient (Wildman–Crippen LogP) is 5.12. The van der Waals surface area contributed by atoms with Gasteiger partial charge in [0.2, 0.25) is 0 Å². The van der Waals surface area contributed by atoms with Crippen molar-refractivity contribution in [2.45, 2.75) is 13.5 Å². The molecule has 0 unspecified atom stereocenters. The van der Waals surface area contributed by atoms with Gasteiger partial charge in [-0.25, -0.2) is 4.98 Å². The summed E-state index contributed by atoms with van der Waals surface area (Å²) in [7, 11) is 0. The fraction of sp³-hybridized carbons (Fsp3) is 0.111. The van der Waals surface area contributed by atoms with E-state index in [1.807, 2.05) is 13.0 Å². The fourth-order valence-corrected chi connectivity index (χ4v) is 2.50. The number of furan rings is 1. The van der Waals surface area contributed by atoms with E-state index in [0.29, 0.717) is 27.4 Å². The van der Waals surface area contributed by atoms with E-state index < -0.39 is 0 Å². The Morgan fingerprint density at radius 2 is 2.04 bits per heavy atom. The number of amides is 1. The van der Waals surface area contributed by atoms with Crippen LogP contribution in [0.1, 0.15) is 21.9 Å². The normalized spacial score (nSPS) is 10.5. The van der Waals surface area contributed by atoms with E-state index in [1.165, 1.54) is 0 Å². The Balaban J connectivity index is 1.61. The Morgan fingerprint density at radius 3 is 2.76 bits per heavy atom. The zero-order valence-corrected chi connectivity index (χ0v) is 14.8. The van der Waals surface area contributed by atoms with E-state index in [2.05, 4.69) is 10.3 Å². The van der Waals surface area contributed by atoms with Crippen LogP contribution < -0.4 is 10.1 Å². The highest BCUT2D eigenvalue weighted by Crippen LogP contribution is 2.28. The van der Waals surface area contributed by atoms with Gasteiger partial charge in [-0.05, 0) is 48.9 Å². The standard InChI is InChI=1S/C18H14Cl2N2O3/c1-11-2-7-17(21-9-11)22-18(23)16-6-4-13(25-16)10-24-15-5-3-12(19)8-14(15)20/h2-9H,10H2,1H3,(H,21,22,23). The van der Waals surface area contributed by atoms with Crippen LogP contribution in [0.5, 0.6) is 5.75 Å². The quantitative estimate of drug-likeness (QED) is 0.670. The average molecular weight is 377 g/mol. The Hall–Kier alpha value is -2.50. The second-order valence-electron chi connectivity index (χ2n) is 5.30. The van der Waals surface area contributed by atoms with E-state index in [-0.39, 0.29) is 18.3 Å².